The molecule has 0 fully saturated rings. The molecule has 0 heterocycles. The van der Waals surface area contributed by atoms with Crippen LogP contribution >= 0.6 is 0 Å². The fourth-order valence-electron chi connectivity index (χ4n) is 0.881. The highest BCUT2D eigenvalue weighted by molar-refractivity contribution is 6.03. The summed E-state index contributed by atoms with van der Waals surface area (Å²) in [7, 11) is 0. The normalized spacial score (nSPS) is 24.8. The SMILES string of the molecule is CC1=CC=CC(NN)C1=N. The fraction of sp³-hybridized carbons (Fsp3) is 0.286. The van der Waals surface area contributed by atoms with E-state index in [1.807, 2.05) is 25.2 Å². The van der Waals surface area contributed by atoms with Gasteiger partial charge in [-0.15, -0.1) is 0 Å². The average molecular weight is 137 g/mol. The Bertz CT molecular complexity index is 203. The van der Waals surface area contributed by atoms with E-state index in [-0.39, 0.29) is 6.04 Å². The maximum atomic E-state index is 7.49. The van der Waals surface area contributed by atoms with Gasteiger partial charge in [0.2, 0.25) is 0 Å². The minimum absolute atomic E-state index is 0.106. The minimum atomic E-state index is -0.106. The molecule has 0 aromatic rings. The molecule has 3 nitrogen and oxygen atoms in total. The molecule has 1 atom stereocenters. The number of allylic oxidation sites excluding steroid dienone is 2. The van der Waals surface area contributed by atoms with Gasteiger partial charge >= 0.3 is 0 Å². The summed E-state index contributed by atoms with van der Waals surface area (Å²) in [6.07, 6.45) is 5.66. The highest BCUT2D eigenvalue weighted by Gasteiger charge is 2.12. The summed E-state index contributed by atoms with van der Waals surface area (Å²) >= 11 is 0. The van der Waals surface area contributed by atoms with E-state index >= 15 is 0 Å². The maximum Gasteiger partial charge on any atom is 0.0810 e. The Morgan fingerprint density at radius 1 is 1.70 bits per heavy atom. The van der Waals surface area contributed by atoms with Crippen LogP contribution in [0.25, 0.3) is 0 Å². The second-order valence-electron chi connectivity index (χ2n) is 2.29. The van der Waals surface area contributed by atoms with Gasteiger partial charge in [-0.1, -0.05) is 18.2 Å². The first-order chi connectivity index (χ1) is 4.75. The topological polar surface area (TPSA) is 61.9 Å². The lowest BCUT2D eigenvalue weighted by molar-refractivity contribution is 0.740. The number of hydrogen-bond donors (Lipinski definition) is 3. The highest BCUT2D eigenvalue weighted by Crippen LogP contribution is 2.06. The van der Waals surface area contributed by atoms with Crippen molar-refractivity contribution < 1.29 is 0 Å². The van der Waals surface area contributed by atoms with Gasteiger partial charge in [-0.25, -0.2) is 5.43 Å². The van der Waals surface area contributed by atoms with Crippen LogP contribution in [0.2, 0.25) is 0 Å². The van der Waals surface area contributed by atoms with E-state index in [1.54, 1.807) is 0 Å². The maximum absolute atomic E-state index is 7.49. The summed E-state index contributed by atoms with van der Waals surface area (Å²) in [5.41, 5.74) is 4.04. The van der Waals surface area contributed by atoms with Crippen molar-refractivity contribution in [2.24, 2.45) is 5.84 Å². The molecule has 10 heavy (non-hydrogen) atoms. The van der Waals surface area contributed by atoms with Crippen molar-refractivity contribution in [3.63, 3.8) is 0 Å². The van der Waals surface area contributed by atoms with E-state index in [2.05, 4.69) is 5.43 Å². The molecule has 1 rings (SSSR count). The monoisotopic (exact) mass is 137 g/mol. The first kappa shape index (κ1) is 7.18. The van der Waals surface area contributed by atoms with Crippen LogP contribution in [-0.4, -0.2) is 11.8 Å². The van der Waals surface area contributed by atoms with Crippen LogP contribution in [0, 0.1) is 5.41 Å². The Hall–Kier alpha value is -0.930. The summed E-state index contributed by atoms with van der Waals surface area (Å²) in [4.78, 5) is 0. The molecule has 4 N–H and O–H groups in total. The standard InChI is InChI=1S/C7H11N3/c1-5-3-2-4-6(10-9)7(5)8/h2-4,6,8,10H,9H2,1H3. The van der Waals surface area contributed by atoms with Gasteiger partial charge in [0.05, 0.1) is 11.8 Å². The van der Waals surface area contributed by atoms with E-state index < -0.39 is 0 Å². The molecule has 0 saturated carbocycles. The highest BCUT2D eigenvalue weighted by atomic mass is 15.2. The van der Waals surface area contributed by atoms with Crippen LogP contribution in [0.4, 0.5) is 0 Å². The van der Waals surface area contributed by atoms with Gasteiger partial charge < -0.3 is 5.41 Å². The first-order valence-electron chi connectivity index (χ1n) is 3.15. The number of nitrogens with one attached hydrogen (secondary N) is 2. The molecule has 1 aliphatic carbocycles. The van der Waals surface area contributed by atoms with Crippen LogP contribution < -0.4 is 11.3 Å². The molecule has 0 aromatic carbocycles. The van der Waals surface area contributed by atoms with E-state index in [4.69, 9.17) is 11.3 Å². The number of hydrazine groups is 1. The smallest absolute Gasteiger partial charge is 0.0810 e. The van der Waals surface area contributed by atoms with Gasteiger partial charge in [-0.2, -0.15) is 0 Å². The summed E-state index contributed by atoms with van der Waals surface area (Å²) in [5, 5.41) is 7.49. The molecular weight excluding hydrogens is 126 g/mol. The molecule has 0 radical (unpaired) electrons. The zero-order valence-corrected chi connectivity index (χ0v) is 5.89. The van der Waals surface area contributed by atoms with Gasteiger partial charge in [0.15, 0.2) is 0 Å². The van der Waals surface area contributed by atoms with E-state index in [0.29, 0.717) is 5.71 Å². The predicted molar refractivity (Wildman–Crippen MR) is 41.7 cm³/mol. The molecule has 0 aliphatic heterocycles. The van der Waals surface area contributed by atoms with Gasteiger partial charge in [-0.3, -0.25) is 5.84 Å². The number of rotatable bonds is 1. The molecule has 0 amide bonds. The molecule has 1 aliphatic rings. The summed E-state index contributed by atoms with van der Waals surface area (Å²) < 4.78 is 0. The molecular formula is C7H11N3. The predicted octanol–water partition coefficient (Wildman–Crippen LogP) is 0.354. The van der Waals surface area contributed by atoms with E-state index in [9.17, 15) is 0 Å². The fourth-order valence-corrected chi connectivity index (χ4v) is 0.881. The first-order valence-corrected chi connectivity index (χ1v) is 3.15. The van der Waals surface area contributed by atoms with Gasteiger partial charge in [0.1, 0.15) is 0 Å². The van der Waals surface area contributed by atoms with Crippen molar-refractivity contribution in [1.29, 1.82) is 5.41 Å². The minimum Gasteiger partial charge on any atom is -0.303 e. The van der Waals surface area contributed by atoms with Crippen molar-refractivity contribution in [2.45, 2.75) is 13.0 Å². The third kappa shape index (κ3) is 1.15. The Balaban J connectivity index is 2.78. The van der Waals surface area contributed by atoms with E-state index in [1.165, 1.54) is 0 Å². The van der Waals surface area contributed by atoms with Gasteiger partial charge in [0, 0.05) is 0 Å². The largest absolute Gasteiger partial charge is 0.303 e. The lowest BCUT2D eigenvalue weighted by Crippen LogP contribution is -2.40. The summed E-state index contributed by atoms with van der Waals surface area (Å²) in [5.74, 6) is 5.19. The number of nitrogens with two attached hydrogens (primary N) is 1. The van der Waals surface area contributed by atoms with Crippen molar-refractivity contribution >= 4 is 5.71 Å². The lowest BCUT2D eigenvalue weighted by atomic mass is 10.0. The molecule has 0 saturated heterocycles. The second kappa shape index (κ2) is 2.77. The Morgan fingerprint density at radius 2 is 2.40 bits per heavy atom. The average Bonchev–Trinajstić information content (AvgIpc) is 1.95. The quantitative estimate of drug-likeness (QED) is 0.361. The summed E-state index contributed by atoms with van der Waals surface area (Å²) in [6, 6.07) is -0.106. The second-order valence-corrected chi connectivity index (χ2v) is 2.29. The molecule has 54 valence electrons. The van der Waals surface area contributed by atoms with Gasteiger partial charge in [-0.05, 0) is 12.5 Å². The zero-order chi connectivity index (χ0) is 7.56. The van der Waals surface area contributed by atoms with Crippen LogP contribution in [0.1, 0.15) is 6.92 Å². The molecule has 0 spiro atoms. The van der Waals surface area contributed by atoms with Crippen molar-refractivity contribution in [1.82, 2.24) is 5.43 Å². The molecule has 0 aromatic heterocycles. The summed E-state index contributed by atoms with van der Waals surface area (Å²) in [6.45, 7) is 1.90. The number of hydrogen-bond acceptors (Lipinski definition) is 3. The molecule has 1 unspecified atom stereocenters. The zero-order valence-electron chi connectivity index (χ0n) is 5.89. The van der Waals surface area contributed by atoms with Crippen LogP contribution in [0.5, 0.6) is 0 Å². The Labute approximate surface area is 60.1 Å². The van der Waals surface area contributed by atoms with Crippen LogP contribution in [0.3, 0.4) is 0 Å². The van der Waals surface area contributed by atoms with Gasteiger partial charge in [0.25, 0.3) is 0 Å². The third-order valence-corrected chi connectivity index (χ3v) is 1.57. The van der Waals surface area contributed by atoms with Crippen molar-refractivity contribution in [3.05, 3.63) is 23.8 Å². The van der Waals surface area contributed by atoms with Crippen LogP contribution in [0.15, 0.2) is 23.8 Å². The Kier molecular flexibility index (Phi) is 1.99. The third-order valence-electron chi connectivity index (χ3n) is 1.57. The van der Waals surface area contributed by atoms with E-state index in [0.717, 1.165) is 5.57 Å². The molecule has 3 heteroatoms. The molecule has 0 bridgehead atoms. The lowest BCUT2D eigenvalue weighted by Gasteiger charge is -2.15. The van der Waals surface area contributed by atoms with Crippen LogP contribution in [-0.2, 0) is 0 Å². The Morgan fingerprint density at radius 3 is 2.90 bits per heavy atom. The van der Waals surface area contributed by atoms with Crippen molar-refractivity contribution in [2.75, 3.05) is 0 Å². The van der Waals surface area contributed by atoms with Crippen molar-refractivity contribution in [3.8, 4) is 0 Å².